The predicted molar refractivity (Wildman–Crippen MR) is 110 cm³/mol. The number of hydrogen-bond donors (Lipinski definition) is 0. The van der Waals surface area contributed by atoms with E-state index in [1.165, 1.54) is 25.7 Å². The van der Waals surface area contributed by atoms with Crippen molar-refractivity contribution in [2.24, 2.45) is 44.8 Å². The number of rotatable bonds is 0. The minimum atomic E-state index is 0.567. The maximum Gasteiger partial charge on any atom is 0.0164 e. The maximum absolute atomic E-state index is 2.79. The van der Waals surface area contributed by atoms with Crippen LogP contribution in [-0.2, 0) is 0 Å². The van der Waals surface area contributed by atoms with Gasteiger partial charge >= 0.3 is 0 Å². The van der Waals surface area contributed by atoms with Gasteiger partial charge in [0.15, 0.2) is 0 Å². The van der Waals surface area contributed by atoms with Gasteiger partial charge in [-0.25, -0.2) is 0 Å². The van der Waals surface area contributed by atoms with Crippen molar-refractivity contribution in [1.29, 1.82) is 0 Å². The van der Waals surface area contributed by atoms with Crippen LogP contribution in [0.2, 0.25) is 0 Å². The molecular weight excluding hydrogens is 403 g/mol. The second kappa shape index (κ2) is 4.58. The van der Waals surface area contributed by atoms with E-state index in [1.807, 2.05) is 0 Å². The highest BCUT2D eigenvalue weighted by Gasteiger charge is 2.81. The first-order valence-corrected chi connectivity index (χ1v) is 12.0. The van der Waals surface area contributed by atoms with Gasteiger partial charge < -0.3 is 0 Å². The minimum absolute atomic E-state index is 0.567. The third kappa shape index (κ3) is 1.57. The van der Waals surface area contributed by atoms with E-state index < -0.39 is 0 Å². The maximum atomic E-state index is 2.79. The molecule has 8 unspecified atom stereocenters. The first-order chi connectivity index (χ1) is 11.1. The molecule has 136 valence electrons. The van der Waals surface area contributed by atoms with Crippen molar-refractivity contribution in [3.63, 3.8) is 0 Å². The van der Waals surface area contributed by atoms with Gasteiger partial charge in [0.25, 0.3) is 0 Å². The molecule has 5 saturated carbocycles. The average Bonchev–Trinajstić information content (AvgIpc) is 3.14. The van der Waals surface area contributed by atoms with E-state index in [1.54, 1.807) is 32.1 Å². The molecule has 0 bridgehead atoms. The Kier molecular flexibility index (Phi) is 3.22. The number of hydrogen-bond acceptors (Lipinski definition) is 0. The largest absolute Gasteiger partial charge is 0.0820 e. The van der Waals surface area contributed by atoms with Gasteiger partial charge in [-0.3, -0.25) is 0 Å². The molecule has 0 aromatic rings. The summed E-state index contributed by atoms with van der Waals surface area (Å²) in [5.74, 6) is 3.02. The standard InChI is InChI=1S/C23H37I/c1-15-8-10-21(5)17-7-6-16-19(2,3)18(24)9-11-22(16)14-23(17,22)13-12-20(15,21)4/h15-18H,6-14H2,1-5H3. The summed E-state index contributed by atoms with van der Waals surface area (Å²) in [5, 5.41) is 0. The molecule has 5 aliphatic rings. The third-order valence-electron chi connectivity index (χ3n) is 11.5. The summed E-state index contributed by atoms with van der Waals surface area (Å²) >= 11 is 2.79. The minimum Gasteiger partial charge on any atom is -0.0820 e. The predicted octanol–water partition coefficient (Wildman–Crippen LogP) is 7.25. The lowest BCUT2D eigenvalue weighted by atomic mass is 9.42. The molecule has 0 heterocycles. The molecule has 0 aromatic heterocycles. The van der Waals surface area contributed by atoms with Crippen molar-refractivity contribution in [2.45, 2.75) is 96.3 Å². The van der Waals surface area contributed by atoms with E-state index >= 15 is 0 Å². The Morgan fingerprint density at radius 1 is 0.708 bits per heavy atom. The van der Waals surface area contributed by atoms with Gasteiger partial charge in [0.1, 0.15) is 0 Å². The van der Waals surface area contributed by atoms with Crippen molar-refractivity contribution < 1.29 is 0 Å². The summed E-state index contributed by atoms with van der Waals surface area (Å²) in [7, 11) is 0. The molecule has 5 aliphatic carbocycles. The highest BCUT2D eigenvalue weighted by molar-refractivity contribution is 14.1. The van der Waals surface area contributed by atoms with Gasteiger partial charge in [-0.1, -0.05) is 57.2 Å². The second-order valence-electron chi connectivity index (χ2n) is 11.8. The van der Waals surface area contributed by atoms with Crippen LogP contribution in [-0.4, -0.2) is 3.92 Å². The Hall–Kier alpha value is 0.730. The van der Waals surface area contributed by atoms with Crippen LogP contribution in [0.25, 0.3) is 0 Å². The van der Waals surface area contributed by atoms with Crippen LogP contribution >= 0.6 is 22.6 Å². The lowest BCUT2D eigenvalue weighted by Crippen LogP contribution is -2.56. The Morgan fingerprint density at radius 3 is 2.12 bits per heavy atom. The second-order valence-corrected chi connectivity index (χ2v) is 13.3. The molecule has 0 amide bonds. The zero-order chi connectivity index (χ0) is 17.2. The fourth-order valence-electron chi connectivity index (χ4n) is 9.63. The number of halogens is 1. The molecule has 0 radical (unpaired) electrons. The topological polar surface area (TPSA) is 0 Å². The molecule has 0 N–H and O–H groups in total. The highest BCUT2D eigenvalue weighted by atomic mass is 127. The van der Waals surface area contributed by atoms with Crippen LogP contribution in [0.4, 0.5) is 0 Å². The number of alkyl halides is 1. The van der Waals surface area contributed by atoms with Gasteiger partial charge in [0, 0.05) is 3.92 Å². The summed E-state index contributed by atoms with van der Waals surface area (Å²) in [6.45, 7) is 13.2. The fraction of sp³-hybridized carbons (Fsp3) is 1.00. The van der Waals surface area contributed by atoms with E-state index in [0.717, 1.165) is 32.5 Å². The third-order valence-corrected chi connectivity index (χ3v) is 13.7. The molecule has 0 saturated heterocycles. The smallest absolute Gasteiger partial charge is 0.0164 e. The lowest BCUT2D eigenvalue weighted by molar-refractivity contribution is -0.134. The lowest BCUT2D eigenvalue weighted by Gasteiger charge is -2.63. The van der Waals surface area contributed by atoms with Crippen molar-refractivity contribution in [3.8, 4) is 0 Å². The first-order valence-electron chi connectivity index (χ1n) is 10.8. The Labute approximate surface area is 163 Å². The van der Waals surface area contributed by atoms with Crippen LogP contribution in [0.1, 0.15) is 92.4 Å². The van der Waals surface area contributed by atoms with E-state index in [0.29, 0.717) is 16.2 Å². The molecular formula is C23H37I. The molecule has 1 heteroatoms. The molecule has 0 aromatic carbocycles. The summed E-state index contributed by atoms with van der Waals surface area (Å²) in [4.78, 5) is 0. The van der Waals surface area contributed by atoms with E-state index in [2.05, 4.69) is 57.2 Å². The quantitative estimate of drug-likeness (QED) is 0.275. The molecule has 5 fully saturated rings. The van der Waals surface area contributed by atoms with E-state index in [4.69, 9.17) is 0 Å². The van der Waals surface area contributed by atoms with Gasteiger partial charge in [-0.05, 0) is 103 Å². The SMILES string of the molecule is CC1CCC2(C)C3CCC4C(C)(C)C(I)CCC45CC35CCC12C. The van der Waals surface area contributed by atoms with E-state index in [-0.39, 0.29) is 0 Å². The van der Waals surface area contributed by atoms with Gasteiger partial charge in [0.05, 0.1) is 0 Å². The Balaban J connectivity index is 1.56. The van der Waals surface area contributed by atoms with Gasteiger partial charge in [-0.2, -0.15) is 0 Å². The first kappa shape index (κ1) is 16.9. The van der Waals surface area contributed by atoms with Crippen molar-refractivity contribution >= 4 is 22.6 Å². The van der Waals surface area contributed by atoms with Crippen LogP contribution in [0.15, 0.2) is 0 Å². The van der Waals surface area contributed by atoms with Crippen LogP contribution in [0.3, 0.4) is 0 Å². The summed E-state index contributed by atoms with van der Waals surface area (Å²) in [6.07, 6.45) is 13.9. The van der Waals surface area contributed by atoms with E-state index in [9.17, 15) is 0 Å². The average molecular weight is 440 g/mol. The highest BCUT2D eigenvalue weighted by Crippen LogP contribution is 2.89. The van der Waals surface area contributed by atoms with Gasteiger partial charge in [0.2, 0.25) is 0 Å². The zero-order valence-corrected chi connectivity index (χ0v) is 18.7. The summed E-state index contributed by atoms with van der Waals surface area (Å²) in [5.41, 5.74) is 3.37. The molecule has 0 aliphatic heterocycles. The number of fused-ring (bicyclic) bond motifs is 2. The molecule has 0 nitrogen and oxygen atoms in total. The monoisotopic (exact) mass is 440 g/mol. The van der Waals surface area contributed by atoms with Crippen LogP contribution in [0, 0.1) is 44.8 Å². The Morgan fingerprint density at radius 2 is 1.38 bits per heavy atom. The van der Waals surface area contributed by atoms with Crippen LogP contribution < -0.4 is 0 Å². The van der Waals surface area contributed by atoms with Crippen LogP contribution in [0.5, 0.6) is 0 Å². The van der Waals surface area contributed by atoms with Crippen molar-refractivity contribution in [3.05, 3.63) is 0 Å². The molecule has 5 rings (SSSR count). The summed E-state index contributed by atoms with van der Waals surface area (Å²) in [6, 6.07) is 0. The molecule has 24 heavy (non-hydrogen) atoms. The molecule has 2 spiro atoms. The molecule has 8 atom stereocenters. The van der Waals surface area contributed by atoms with Gasteiger partial charge in [-0.15, -0.1) is 0 Å². The normalized spacial score (nSPS) is 63.8. The summed E-state index contributed by atoms with van der Waals surface area (Å²) < 4.78 is 0.899. The fourth-order valence-corrected chi connectivity index (χ4v) is 10.4. The van der Waals surface area contributed by atoms with Crippen molar-refractivity contribution in [1.82, 2.24) is 0 Å². The Bertz CT molecular complexity index is 581. The van der Waals surface area contributed by atoms with Crippen molar-refractivity contribution in [2.75, 3.05) is 0 Å². The zero-order valence-electron chi connectivity index (χ0n) is 16.6.